The van der Waals surface area contributed by atoms with Gasteiger partial charge < -0.3 is 19.1 Å². The fourth-order valence-corrected chi connectivity index (χ4v) is 3.96. The van der Waals surface area contributed by atoms with E-state index < -0.39 is 0 Å². The second kappa shape index (κ2) is 11.5. The zero-order valence-electron chi connectivity index (χ0n) is 19.4. The van der Waals surface area contributed by atoms with Crippen LogP contribution >= 0.6 is 0 Å². The van der Waals surface area contributed by atoms with Gasteiger partial charge in [0.05, 0.1) is 26.0 Å². The number of carbonyl (C=O) groups excluding carboxylic acids is 1. The SMILES string of the molecule is C=CCOc1ccc(CN(CC2CCCO2)C(=O)c2cn(Cc3ccccc3)nn2)cc1OC. The first kappa shape index (κ1) is 23.5. The van der Waals surface area contributed by atoms with E-state index in [1.807, 2.05) is 48.5 Å². The van der Waals surface area contributed by atoms with Crippen LogP contribution in [-0.2, 0) is 17.8 Å². The number of carbonyl (C=O) groups is 1. The molecule has 34 heavy (non-hydrogen) atoms. The van der Waals surface area contributed by atoms with Gasteiger partial charge in [-0.2, -0.15) is 0 Å². The van der Waals surface area contributed by atoms with E-state index in [0.29, 0.717) is 43.4 Å². The summed E-state index contributed by atoms with van der Waals surface area (Å²) in [6.07, 6.45) is 5.33. The molecular formula is C26H30N4O4. The highest BCUT2D eigenvalue weighted by Gasteiger charge is 2.26. The first-order chi connectivity index (χ1) is 16.7. The van der Waals surface area contributed by atoms with Crippen molar-refractivity contribution < 1.29 is 19.0 Å². The van der Waals surface area contributed by atoms with Crippen molar-refractivity contribution in [3.05, 3.63) is 84.2 Å². The summed E-state index contributed by atoms with van der Waals surface area (Å²) in [5.74, 6) is 1.06. The first-order valence-electron chi connectivity index (χ1n) is 11.4. The van der Waals surface area contributed by atoms with E-state index >= 15 is 0 Å². The Morgan fingerprint density at radius 3 is 2.82 bits per heavy atom. The van der Waals surface area contributed by atoms with Crippen LogP contribution in [0.5, 0.6) is 11.5 Å². The Morgan fingerprint density at radius 2 is 2.09 bits per heavy atom. The lowest BCUT2D eigenvalue weighted by molar-refractivity contribution is 0.0502. The average molecular weight is 463 g/mol. The molecule has 1 aliphatic heterocycles. The predicted molar refractivity (Wildman–Crippen MR) is 128 cm³/mol. The molecule has 0 spiro atoms. The molecule has 0 bridgehead atoms. The minimum atomic E-state index is -0.180. The molecule has 1 unspecified atom stereocenters. The molecule has 3 aromatic rings. The quantitative estimate of drug-likeness (QED) is 0.404. The maximum Gasteiger partial charge on any atom is 0.276 e. The highest BCUT2D eigenvalue weighted by molar-refractivity contribution is 5.92. The van der Waals surface area contributed by atoms with Crippen molar-refractivity contribution in [2.45, 2.75) is 32.0 Å². The van der Waals surface area contributed by atoms with E-state index in [9.17, 15) is 4.79 Å². The predicted octanol–water partition coefficient (Wildman–Crippen LogP) is 3.72. The summed E-state index contributed by atoms with van der Waals surface area (Å²) < 4.78 is 18.6. The lowest BCUT2D eigenvalue weighted by Crippen LogP contribution is -2.37. The van der Waals surface area contributed by atoms with E-state index in [-0.39, 0.29) is 12.0 Å². The van der Waals surface area contributed by atoms with Gasteiger partial charge in [0.15, 0.2) is 17.2 Å². The number of benzene rings is 2. The smallest absolute Gasteiger partial charge is 0.276 e. The highest BCUT2D eigenvalue weighted by atomic mass is 16.5. The molecule has 1 fully saturated rings. The monoisotopic (exact) mass is 462 g/mol. The second-order valence-corrected chi connectivity index (χ2v) is 8.19. The largest absolute Gasteiger partial charge is 0.493 e. The fourth-order valence-electron chi connectivity index (χ4n) is 3.96. The Hall–Kier alpha value is -3.65. The normalized spacial score (nSPS) is 15.1. The van der Waals surface area contributed by atoms with Gasteiger partial charge >= 0.3 is 0 Å². The van der Waals surface area contributed by atoms with E-state index in [0.717, 1.165) is 30.6 Å². The molecule has 1 atom stereocenters. The van der Waals surface area contributed by atoms with Crippen molar-refractivity contribution in [2.24, 2.45) is 0 Å². The number of hydrogen-bond donors (Lipinski definition) is 0. The molecule has 0 N–H and O–H groups in total. The number of amides is 1. The zero-order valence-corrected chi connectivity index (χ0v) is 19.4. The van der Waals surface area contributed by atoms with Crippen LogP contribution in [0.2, 0.25) is 0 Å². The molecule has 8 heteroatoms. The summed E-state index contributed by atoms with van der Waals surface area (Å²) in [5, 5.41) is 8.32. The van der Waals surface area contributed by atoms with Crippen LogP contribution in [0.4, 0.5) is 0 Å². The van der Waals surface area contributed by atoms with Gasteiger partial charge in [-0.3, -0.25) is 4.79 Å². The molecule has 2 heterocycles. The lowest BCUT2D eigenvalue weighted by atomic mass is 10.1. The Morgan fingerprint density at radius 1 is 1.24 bits per heavy atom. The molecule has 0 radical (unpaired) electrons. The standard InChI is InChI=1S/C26H30N4O4/c1-3-13-34-24-12-11-21(15-25(24)32-2)16-29(18-22-10-7-14-33-22)26(31)23-19-30(28-27-23)17-20-8-5-4-6-9-20/h3-6,8-9,11-12,15,19,22H,1,7,10,13-14,16-18H2,2H3. The van der Waals surface area contributed by atoms with Crippen molar-refractivity contribution in [1.82, 2.24) is 19.9 Å². The summed E-state index contributed by atoms with van der Waals surface area (Å²) in [4.78, 5) is 15.2. The molecule has 1 aliphatic rings. The molecule has 1 saturated heterocycles. The summed E-state index contributed by atoms with van der Waals surface area (Å²) in [7, 11) is 1.60. The number of hydrogen-bond acceptors (Lipinski definition) is 6. The lowest BCUT2D eigenvalue weighted by Gasteiger charge is -2.25. The summed E-state index contributed by atoms with van der Waals surface area (Å²) in [5.41, 5.74) is 2.33. The van der Waals surface area contributed by atoms with Crippen LogP contribution in [0.1, 0.15) is 34.5 Å². The summed E-state index contributed by atoms with van der Waals surface area (Å²) in [6, 6.07) is 15.6. The molecule has 178 valence electrons. The van der Waals surface area contributed by atoms with E-state index in [4.69, 9.17) is 14.2 Å². The number of ether oxygens (including phenoxy) is 3. The molecule has 0 aliphatic carbocycles. The highest BCUT2D eigenvalue weighted by Crippen LogP contribution is 2.29. The minimum Gasteiger partial charge on any atom is -0.493 e. The van der Waals surface area contributed by atoms with Crippen molar-refractivity contribution >= 4 is 5.91 Å². The summed E-state index contributed by atoms with van der Waals surface area (Å²) in [6.45, 7) is 6.22. The number of rotatable bonds is 11. The molecule has 4 rings (SSSR count). The second-order valence-electron chi connectivity index (χ2n) is 8.19. The van der Waals surface area contributed by atoms with Gasteiger partial charge in [-0.1, -0.05) is 54.3 Å². The van der Waals surface area contributed by atoms with Gasteiger partial charge in [-0.05, 0) is 36.1 Å². The Bertz CT molecular complexity index is 1090. The van der Waals surface area contributed by atoms with Crippen LogP contribution in [-0.4, -0.2) is 58.8 Å². The maximum absolute atomic E-state index is 13.5. The van der Waals surface area contributed by atoms with E-state index in [2.05, 4.69) is 16.9 Å². The number of methoxy groups -OCH3 is 1. The van der Waals surface area contributed by atoms with Crippen molar-refractivity contribution in [3.63, 3.8) is 0 Å². The van der Waals surface area contributed by atoms with E-state index in [1.165, 1.54) is 0 Å². The molecule has 1 aromatic heterocycles. The van der Waals surface area contributed by atoms with Gasteiger partial charge in [0.1, 0.15) is 6.61 Å². The average Bonchev–Trinajstić information content (AvgIpc) is 3.55. The van der Waals surface area contributed by atoms with Gasteiger partial charge in [-0.25, -0.2) is 4.68 Å². The molecule has 8 nitrogen and oxygen atoms in total. The molecule has 2 aromatic carbocycles. The minimum absolute atomic E-state index is 0.0143. The van der Waals surface area contributed by atoms with Gasteiger partial charge in [0.2, 0.25) is 0 Å². The van der Waals surface area contributed by atoms with Crippen LogP contribution in [0.15, 0.2) is 67.4 Å². The van der Waals surface area contributed by atoms with Crippen molar-refractivity contribution in [3.8, 4) is 11.5 Å². The third-order valence-corrected chi connectivity index (χ3v) is 5.64. The molecule has 1 amide bonds. The molecule has 0 saturated carbocycles. The Balaban J connectivity index is 1.51. The third kappa shape index (κ3) is 6.02. The van der Waals surface area contributed by atoms with Crippen LogP contribution in [0.3, 0.4) is 0 Å². The van der Waals surface area contributed by atoms with Crippen LogP contribution in [0.25, 0.3) is 0 Å². The Kier molecular flexibility index (Phi) is 7.93. The van der Waals surface area contributed by atoms with E-state index in [1.54, 1.807) is 29.0 Å². The zero-order chi connectivity index (χ0) is 23.8. The fraction of sp³-hybridized carbons (Fsp3) is 0.346. The van der Waals surface area contributed by atoms with Crippen molar-refractivity contribution in [2.75, 3.05) is 26.9 Å². The first-order valence-corrected chi connectivity index (χ1v) is 11.4. The van der Waals surface area contributed by atoms with Gasteiger partial charge in [0, 0.05) is 19.7 Å². The maximum atomic E-state index is 13.5. The van der Waals surface area contributed by atoms with Crippen LogP contribution in [0, 0.1) is 0 Å². The Labute approximate surface area is 199 Å². The topological polar surface area (TPSA) is 78.7 Å². The number of nitrogens with zero attached hydrogens (tertiary/aromatic N) is 4. The van der Waals surface area contributed by atoms with Gasteiger partial charge in [0.25, 0.3) is 5.91 Å². The third-order valence-electron chi connectivity index (χ3n) is 5.64. The number of aromatic nitrogens is 3. The van der Waals surface area contributed by atoms with Gasteiger partial charge in [-0.15, -0.1) is 5.10 Å². The summed E-state index contributed by atoms with van der Waals surface area (Å²) >= 11 is 0. The molecular weight excluding hydrogens is 432 g/mol. The van der Waals surface area contributed by atoms with Crippen LogP contribution < -0.4 is 9.47 Å². The van der Waals surface area contributed by atoms with Crippen molar-refractivity contribution in [1.29, 1.82) is 0 Å².